The molecule has 0 radical (unpaired) electrons. The fourth-order valence-corrected chi connectivity index (χ4v) is 3.42. The lowest BCUT2D eigenvalue weighted by molar-refractivity contribution is 0.257. The molecule has 1 saturated heterocycles. The average Bonchev–Trinajstić information content (AvgIpc) is 3.00. The van der Waals surface area contributed by atoms with E-state index in [0.717, 1.165) is 13.0 Å². The summed E-state index contributed by atoms with van der Waals surface area (Å²) in [6.45, 7) is 5.59. The maximum Gasteiger partial charge on any atom is 0.0295 e. The normalized spacial score (nSPS) is 18.3. The van der Waals surface area contributed by atoms with Gasteiger partial charge in [0.2, 0.25) is 0 Å². The van der Waals surface area contributed by atoms with Crippen molar-refractivity contribution in [3.63, 3.8) is 0 Å². The van der Waals surface area contributed by atoms with Gasteiger partial charge in [-0.05, 0) is 56.0 Å². The summed E-state index contributed by atoms with van der Waals surface area (Å²) in [6.07, 6.45) is 3.57. The zero-order valence-corrected chi connectivity index (χ0v) is 13.5. The third-order valence-corrected chi connectivity index (χ3v) is 4.45. The first-order chi connectivity index (χ1) is 10.6. The van der Waals surface area contributed by atoms with Crippen LogP contribution in [0.15, 0.2) is 54.6 Å². The highest BCUT2D eigenvalue weighted by Gasteiger charge is 2.24. The van der Waals surface area contributed by atoms with Gasteiger partial charge in [0, 0.05) is 12.1 Å². The Kier molecular flexibility index (Phi) is 4.60. The smallest absolute Gasteiger partial charge is 0.0295 e. The minimum Gasteiger partial charge on any atom is -0.324 e. The van der Waals surface area contributed by atoms with E-state index in [0.29, 0.717) is 0 Å². The van der Waals surface area contributed by atoms with Crippen LogP contribution in [0.5, 0.6) is 0 Å². The van der Waals surface area contributed by atoms with E-state index < -0.39 is 0 Å². The molecule has 2 aromatic carbocycles. The van der Waals surface area contributed by atoms with Crippen molar-refractivity contribution in [2.75, 3.05) is 19.6 Å². The van der Waals surface area contributed by atoms with Crippen LogP contribution in [-0.2, 0) is 6.42 Å². The molecule has 1 unspecified atom stereocenters. The molecule has 1 atom stereocenters. The Morgan fingerprint density at radius 2 is 1.50 bits per heavy atom. The van der Waals surface area contributed by atoms with E-state index in [1.54, 1.807) is 0 Å². The first-order valence-corrected chi connectivity index (χ1v) is 8.28. The van der Waals surface area contributed by atoms with Gasteiger partial charge < -0.3 is 10.6 Å². The number of nitrogens with zero attached hydrogens (tertiary/aromatic N) is 1. The molecule has 22 heavy (non-hydrogen) atoms. The molecule has 2 nitrogen and oxygen atoms in total. The van der Waals surface area contributed by atoms with Crippen LogP contribution in [0.25, 0.3) is 11.1 Å². The fourth-order valence-electron chi connectivity index (χ4n) is 3.42. The summed E-state index contributed by atoms with van der Waals surface area (Å²) in [4.78, 5) is 2.50. The Labute approximate surface area is 134 Å². The fraction of sp³-hybridized carbons (Fsp3) is 0.400. The van der Waals surface area contributed by atoms with Gasteiger partial charge in [-0.25, -0.2) is 0 Å². The summed E-state index contributed by atoms with van der Waals surface area (Å²) in [7, 11) is 0. The molecular weight excluding hydrogens is 268 g/mol. The number of rotatable bonds is 5. The van der Waals surface area contributed by atoms with Gasteiger partial charge in [0.15, 0.2) is 0 Å². The molecule has 1 heterocycles. The van der Waals surface area contributed by atoms with Crippen molar-refractivity contribution in [3.05, 3.63) is 60.2 Å². The number of likely N-dealkylation sites (tertiary alicyclic amines) is 1. The van der Waals surface area contributed by atoms with Crippen LogP contribution in [-0.4, -0.2) is 30.1 Å². The Bertz CT molecular complexity index is 581. The van der Waals surface area contributed by atoms with Crippen LogP contribution in [0, 0.1) is 0 Å². The molecule has 2 heteroatoms. The van der Waals surface area contributed by atoms with Gasteiger partial charge in [-0.15, -0.1) is 0 Å². The summed E-state index contributed by atoms with van der Waals surface area (Å²) >= 11 is 0. The third kappa shape index (κ3) is 3.96. The first kappa shape index (κ1) is 15.3. The lowest BCUT2D eigenvalue weighted by Gasteiger charge is -2.30. The summed E-state index contributed by atoms with van der Waals surface area (Å²) in [5.74, 6) is 0. The lowest BCUT2D eigenvalue weighted by Crippen LogP contribution is -2.48. The predicted molar refractivity (Wildman–Crippen MR) is 93.8 cm³/mol. The number of hydrogen-bond acceptors (Lipinski definition) is 2. The van der Waals surface area contributed by atoms with Crippen LogP contribution in [0.2, 0.25) is 0 Å². The van der Waals surface area contributed by atoms with Crippen molar-refractivity contribution >= 4 is 0 Å². The molecule has 1 aliphatic heterocycles. The molecule has 0 aliphatic carbocycles. The van der Waals surface area contributed by atoms with Crippen LogP contribution in [0.1, 0.15) is 25.3 Å². The monoisotopic (exact) mass is 294 g/mol. The van der Waals surface area contributed by atoms with Crippen molar-refractivity contribution in [1.82, 2.24) is 4.90 Å². The summed E-state index contributed by atoms with van der Waals surface area (Å²) in [6, 6.07) is 19.4. The Hall–Kier alpha value is -1.64. The molecule has 0 amide bonds. The van der Waals surface area contributed by atoms with E-state index in [-0.39, 0.29) is 5.54 Å². The molecular formula is C20H26N2. The predicted octanol–water partition coefficient (Wildman–Crippen LogP) is 3.71. The van der Waals surface area contributed by atoms with Gasteiger partial charge in [-0.1, -0.05) is 54.6 Å². The SMILES string of the molecule is CC(N)(Cc1ccc(-c2ccccc2)cc1)CN1CCCC1. The minimum atomic E-state index is -0.154. The zero-order chi connectivity index (χ0) is 15.4. The number of hydrogen-bond donors (Lipinski definition) is 1. The topological polar surface area (TPSA) is 29.3 Å². The van der Waals surface area contributed by atoms with Crippen molar-refractivity contribution in [2.45, 2.75) is 31.7 Å². The summed E-state index contributed by atoms with van der Waals surface area (Å²) < 4.78 is 0. The van der Waals surface area contributed by atoms with Gasteiger partial charge in [-0.2, -0.15) is 0 Å². The lowest BCUT2D eigenvalue weighted by atomic mass is 9.92. The van der Waals surface area contributed by atoms with E-state index >= 15 is 0 Å². The molecule has 2 N–H and O–H groups in total. The summed E-state index contributed by atoms with van der Waals surface area (Å²) in [5.41, 5.74) is 10.2. The van der Waals surface area contributed by atoms with E-state index in [2.05, 4.69) is 66.4 Å². The summed E-state index contributed by atoms with van der Waals surface area (Å²) in [5, 5.41) is 0. The highest BCUT2D eigenvalue weighted by Crippen LogP contribution is 2.21. The van der Waals surface area contributed by atoms with Gasteiger partial charge in [-0.3, -0.25) is 0 Å². The molecule has 0 aromatic heterocycles. The zero-order valence-electron chi connectivity index (χ0n) is 13.5. The van der Waals surface area contributed by atoms with Crippen molar-refractivity contribution < 1.29 is 0 Å². The van der Waals surface area contributed by atoms with Crippen LogP contribution >= 0.6 is 0 Å². The third-order valence-electron chi connectivity index (χ3n) is 4.45. The number of nitrogens with two attached hydrogens (primary N) is 1. The molecule has 0 bridgehead atoms. The number of benzene rings is 2. The van der Waals surface area contributed by atoms with Gasteiger partial charge in [0.05, 0.1) is 0 Å². The Morgan fingerprint density at radius 1 is 0.909 bits per heavy atom. The van der Waals surface area contributed by atoms with Crippen LogP contribution in [0.3, 0.4) is 0 Å². The van der Waals surface area contributed by atoms with E-state index in [4.69, 9.17) is 5.73 Å². The Morgan fingerprint density at radius 3 is 2.14 bits per heavy atom. The molecule has 3 rings (SSSR count). The standard InChI is InChI=1S/C20H26N2/c1-20(21,16-22-13-5-6-14-22)15-17-9-11-19(12-10-17)18-7-3-2-4-8-18/h2-4,7-12H,5-6,13-16,21H2,1H3. The highest BCUT2D eigenvalue weighted by atomic mass is 15.2. The molecule has 0 saturated carbocycles. The van der Waals surface area contributed by atoms with E-state index in [9.17, 15) is 0 Å². The second-order valence-corrected chi connectivity index (χ2v) is 6.88. The van der Waals surface area contributed by atoms with Gasteiger partial charge in [0.1, 0.15) is 0 Å². The largest absolute Gasteiger partial charge is 0.324 e. The highest BCUT2D eigenvalue weighted by molar-refractivity contribution is 5.63. The first-order valence-electron chi connectivity index (χ1n) is 8.28. The van der Waals surface area contributed by atoms with E-state index in [1.807, 2.05) is 0 Å². The second-order valence-electron chi connectivity index (χ2n) is 6.88. The minimum absolute atomic E-state index is 0.154. The van der Waals surface area contributed by atoms with Crippen molar-refractivity contribution in [1.29, 1.82) is 0 Å². The molecule has 116 valence electrons. The maximum atomic E-state index is 6.54. The molecule has 1 aliphatic rings. The van der Waals surface area contributed by atoms with Crippen molar-refractivity contribution in [3.8, 4) is 11.1 Å². The maximum absolute atomic E-state index is 6.54. The van der Waals surface area contributed by atoms with Gasteiger partial charge in [0.25, 0.3) is 0 Å². The van der Waals surface area contributed by atoms with Crippen LogP contribution < -0.4 is 5.73 Å². The van der Waals surface area contributed by atoms with Crippen molar-refractivity contribution in [2.24, 2.45) is 5.73 Å². The molecule has 0 spiro atoms. The second kappa shape index (κ2) is 6.64. The van der Waals surface area contributed by atoms with Gasteiger partial charge >= 0.3 is 0 Å². The van der Waals surface area contributed by atoms with Crippen LogP contribution in [0.4, 0.5) is 0 Å². The molecule has 2 aromatic rings. The average molecular weight is 294 g/mol. The van der Waals surface area contributed by atoms with E-state index in [1.165, 1.54) is 42.6 Å². The molecule has 1 fully saturated rings. The quantitative estimate of drug-likeness (QED) is 0.911. The Balaban J connectivity index is 1.65.